The van der Waals surface area contributed by atoms with Crippen LogP contribution in [0.2, 0.25) is 0 Å². The molecule has 0 bridgehead atoms. The number of fused-ring (bicyclic) bond motifs is 1. The molecule has 1 heterocycles. The molecular weight excluding hydrogens is 283 g/mol. The van der Waals surface area contributed by atoms with Crippen LogP contribution in [0.15, 0.2) is 27.4 Å². The second kappa shape index (κ2) is 7.97. The first-order valence-electron chi connectivity index (χ1n) is 8.05. The first kappa shape index (κ1) is 16.5. The lowest BCUT2D eigenvalue weighted by atomic mass is 10.1. The van der Waals surface area contributed by atoms with Crippen molar-refractivity contribution in [2.45, 2.75) is 52.4 Å². The van der Waals surface area contributed by atoms with E-state index in [1.54, 1.807) is 25.1 Å². The van der Waals surface area contributed by atoms with Gasteiger partial charge in [-0.05, 0) is 30.9 Å². The van der Waals surface area contributed by atoms with Crippen LogP contribution in [0.5, 0.6) is 5.75 Å². The molecule has 1 aromatic heterocycles. The van der Waals surface area contributed by atoms with Crippen LogP contribution in [0.1, 0.15) is 51.7 Å². The second-order valence-electron chi connectivity index (χ2n) is 5.44. The Labute approximate surface area is 130 Å². The van der Waals surface area contributed by atoms with Crippen LogP contribution in [0.3, 0.4) is 0 Å². The first-order chi connectivity index (χ1) is 10.7. The van der Waals surface area contributed by atoms with Crippen LogP contribution in [0.4, 0.5) is 4.39 Å². The molecule has 0 amide bonds. The predicted octanol–water partition coefficient (Wildman–Crippen LogP) is 4.84. The fourth-order valence-corrected chi connectivity index (χ4v) is 2.57. The van der Waals surface area contributed by atoms with Crippen LogP contribution in [-0.4, -0.2) is 6.61 Å². The molecule has 0 unspecified atom stereocenters. The number of rotatable bonds is 8. The highest BCUT2D eigenvalue weighted by molar-refractivity contribution is 5.83. The first-order valence-corrected chi connectivity index (χ1v) is 8.05. The topological polar surface area (TPSA) is 39.4 Å². The number of hydrogen-bond donors (Lipinski definition) is 0. The molecule has 0 spiro atoms. The van der Waals surface area contributed by atoms with Crippen molar-refractivity contribution in [2.24, 2.45) is 0 Å². The van der Waals surface area contributed by atoms with Gasteiger partial charge in [0.2, 0.25) is 0 Å². The van der Waals surface area contributed by atoms with E-state index in [0.717, 1.165) is 12.8 Å². The maximum atomic E-state index is 14.3. The molecule has 1 aromatic carbocycles. The summed E-state index contributed by atoms with van der Waals surface area (Å²) in [5, 5.41) is 0.543. The van der Waals surface area contributed by atoms with Crippen LogP contribution in [-0.2, 0) is 6.42 Å². The SMILES string of the molecule is CCCCCCCc1cc2ccc(OCC)c(F)c2c(=O)o1. The smallest absolute Gasteiger partial charge is 0.346 e. The van der Waals surface area contributed by atoms with E-state index in [4.69, 9.17) is 9.15 Å². The van der Waals surface area contributed by atoms with Gasteiger partial charge >= 0.3 is 5.63 Å². The van der Waals surface area contributed by atoms with Gasteiger partial charge in [-0.25, -0.2) is 9.18 Å². The Kier molecular flexibility index (Phi) is 5.99. The lowest BCUT2D eigenvalue weighted by Gasteiger charge is -2.07. The van der Waals surface area contributed by atoms with E-state index in [1.807, 2.05) is 0 Å². The summed E-state index contributed by atoms with van der Waals surface area (Å²) in [6.45, 7) is 4.30. The van der Waals surface area contributed by atoms with E-state index in [9.17, 15) is 9.18 Å². The van der Waals surface area contributed by atoms with E-state index in [-0.39, 0.29) is 11.1 Å². The summed E-state index contributed by atoms with van der Waals surface area (Å²) < 4.78 is 24.7. The Morgan fingerprint density at radius 1 is 1.14 bits per heavy atom. The third kappa shape index (κ3) is 3.87. The minimum atomic E-state index is -0.636. The summed E-state index contributed by atoms with van der Waals surface area (Å²) in [5.74, 6) is 0.0785. The summed E-state index contributed by atoms with van der Waals surface area (Å²) in [6.07, 6.45) is 6.44. The van der Waals surface area contributed by atoms with E-state index >= 15 is 0 Å². The molecule has 4 heteroatoms. The van der Waals surface area contributed by atoms with Crippen molar-refractivity contribution in [3.63, 3.8) is 0 Å². The number of halogens is 1. The molecule has 2 aromatic rings. The van der Waals surface area contributed by atoms with Crippen molar-refractivity contribution < 1.29 is 13.5 Å². The Morgan fingerprint density at radius 3 is 2.64 bits per heavy atom. The maximum absolute atomic E-state index is 14.3. The molecule has 3 nitrogen and oxygen atoms in total. The summed E-state index contributed by atoms with van der Waals surface area (Å²) in [5.41, 5.74) is -0.625. The Bertz CT molecular complexity index is 676. The van der Waals surface area contributed by atoms with Gasteiger partial charge in [0.05, 0.1) is 6.61 Å². The highest BCUT2D eigenvalue weighted by atomic mass is 19.1. The lowest BCUT2D eigenvalue weighted by Crippen LogP contribution is -2.06. The van der Waals surface area contributed by atoms with Crippen LogP contribution in [0.25, 0.3) is 10.8 Å². The zero-order chi connectivity index (χ0) is 15.9. The number of ether oxygens (including phenoxy) is 1. The molecule has 0 aliphatic heterocycles. The van der Waals surface area contributed by atoms with E-state index in [1.165, 1.54) is 19.3 Å². The van der Waals surface area contributed by atoms with Gasteiger partial charge in [0.25, 0.3) is 0 Å². The molecule has 0 saturated carbocycles. The van der Waals surface area contributed by atoms with Gasteiger partial charge in [0, 0.05) is 6.42 Å². The predicted molar refractivity (Wildman–Crippen MR) is 86.1 cm³/mol. The standard InChI is InChI=1S/C18H23FO3/c1-3-5-6-7-8-9-14-12-13-10-11-15(21-4-2)17(19)16(13)18(20)22-14/h10-12H,3-9H2,1-2H3. The third-order valence-electron chi connectivity index (χ3n) is 3.71. The fraction of sp³-hybridized carbons (Fsp3) is 0.500. The molecule has 22 heavy (non-hydrogen) atoms. The van der Waals surface area contributed by atoms with Crippen LogP contribution >= 0.6 is 0 Å². The van der Waals surface area contributed by atoms with E-state index in [2.05, 4.69) is 6.92 Å². The van der Waals surface area contributed by atoms with E-state index in [0.29, 0.717) is 24.2 Å². The van der Waals surface area contributed by atoms with Gasteiger partial charge in [-0.2, -0.15) is 0 Å². The molecule has 0 aliphatic carbocycles. The van der Waals surface area contributed by atoms with Gasteiger partial charge < -0.3 is 9.15 Å². The number of hydrogen-bond acceptors (Lipinski definition) is 3. The fourth-order valence-electron chi connectivity index (χ4n) is 2.57. The van der Waals surface area contributed by atoms with E-state index < -0.39 is 11.4 Å². The second-order valence-corrected chi connectivity index (χ2v) is 5.44. The summed E-state index contributed by atoms with van der Waals surface area (Å²) in [4.78, 5) is 12.0. The monoisotopic (exact) mass is 306 g/mol. The average Bonchev–Trinajstić information content (AvgIpc) is 2.50. The van der Waals surface area contributed by atoms with Crippen LogP contribution < -0.4 is 10.4 Å². The van der Waals surface area contributed by atoms with Crippen molar-refractivity contribution in [3.05, 3.63) is 40.2 Å². The molecule has 0 fully saturated rings. The van der Waals surface area contributed by atoms with Crippen molar-refractivity contribution in [1.82, 2.24) is 0 Å². The van der Waals surface area contributed by atoms with Crippen molar-refractivity contribution >= 4 is 10.8 Å². The average molecular weight is 306 g/mol. The molecular formula is C18H23FO3. The summed E-state index contributed by atoms with van der Waals surface area (Å²) in [6, 6.07) is 5.03. The maximum Gasteiger partial charge on any atom is 0.346 e. The highest BCUT2D eigenvalue weighted by Gasteiger charge is 2.14. The van der Waals surface area contributed by atoms with Gasteiger partial charge in [-0.15, -0.1) is 0 Å². The zero-order valence-electron chi connectivity index (χ0n) is 13.3. The summed E-state index contributed by atoms with van der Waals surface area (Å²) >= 11 is 0. The third-order valence-corrected chi connectivity index (χ3v) is 3.71. The van der Waals surface area contributed by atoms with Crippen molar-refractivity contribution in [3.8, 4) is 5.75 Å². The van der Waals surface area contributed by atoms with Gasteiger partial charge in [0.1, 0.15) is 11.1 Å². The van der Waals surface area contributed by atoms with Crippen molar-refractivity contribution in [1.29, 1.82) is 0 Å². The Hall–Kier alpha value is -1.84. The molecule has 2 rings (SSSR count). The Balaban J connectivity index is 2.19. The molecule has 0 atom stereocenters. The molecule has 0 saturated heterocycles. The van der Waals surface area contributed by atoms with Crippen molar-refractivity contribution in [2.75, 3.05) is 6.61 Å². The summed E-state index contributed by atoms with van der Waals surface area (Å²) in [7, 11) is 0. The highest BCUT2D eigenvalue weighted by Crippen LogP contribution is 2.25. The minimum Gasteiger partial charge on any atom is -0.491 e. The van der Waals surface area contributed by atoms with Crippen LogP contribution in [0, 0.1) is 5.82 Å². The molecule has 0 radical (unpaired) electrons. The van der Waals surface area contributed by atoms with Gasteiger partial charge in [-0.3, -0.25) is 0 Å². The molecule has 0 aliphatic rings. The number of aryl methyl sites for hydroxylation is 1. The zero-order valence-corrected chi connectivity index (χ0v) is 13.3. The quantitative estimate of drug-likeness (QED) is 0.655. The molecule has 0 N–H and O–H groups in total. The molecule has 120 valence electrons. The lowest BCUT2D eigenvalue weighted by molar-refractivity contribution is 0.322. The minimum absolute atomic E-state index is 0.0271. The van der Waals surface area contributed by atoms with Gasteiger partial charge in [-0.1, -0.05) is 38.7 Å². The number of unbranched alkanes of at least 4 members (excludes halogenated alkanes) is 4. The largest absolute Gasteiger partial charge is 0.491 e. The Morgan fingerprint density at radius 2 is 1.91 bits per heavy atom. The number of benzene rings is 1. The normalized spacial score (nSPS) is 11.0. The van der Waals surface area contributed by atoms with Gasteiger partial charge in [0.15, 0.2) is 11.6 Å².